The third-order valence-electron chi connectivity index (χ3n) is 3.51. The Labute approximate surface area is 143 Å². The lowest BCUT2D eigenvalue weighted by Gasteiger charge is -2.16. The standard InChI is InChI=1S/C19H25N3O2/c1-5-7-16-11-17(21-20-16)12-22(4)19(23)15-8-6-9-18(10-15)24-13-14(2)3/h6,8-11H,2,5,7,12-13H2,1,3-4H3,(H,20,21). The van der Waals surface area contributed by atoms with E-state index in [9.17, 15) is 4.79 Å². The van der Waals surface area contributed by atoms with E-state index in [1.165, 1.54) is 0 Å². The number of aromatic amines is 1. The molecule has 0 aliphatic carbocycles. The van der Waals surface area contributed by atoms with Gasteiger partial charge in [-0.3, -0.25) is 9.89 Å². The predicted molar refractivity (Wildman–Crippen MR) is 95.1 cm³/mol. The highest BCUT2D eigenvalue weighted by atomic mass is 16.5. The zero-order valence-electron chi connectivity index (χ0n) is 14.6. The van der Waals surface area contributed by atoms with Gasteiger partial charge in [-0.15, -0.1) is 0 Å². The molecule has 1 amide bonds. The van der Waals surface area contributed by atoms with Crippen molar-refractivity contribution in [2.24, 2.45) is 0 Å². The molecule has 0 saturated heterocycles. The van der Waals surface area contributed by atoms with Crippen molar-refractivity contribution in [1.82, 2.24) is 15.1 Å². The Bertz CT molecular complexity index is 706. The Hall–Kier alpha value is -2.56. The molecule has 1 aromatic carbocycles. The van der Waals surface area contributed by atoms with Crippen LogP contribution in [0, 0.1) is 0 Å². The fourth-order valence-corrected chi connectivity index (χ4v) is 2.35. The summed E-state index contributed by atoms with van der Waals surface area (Å²) in [6.45, 7) is 8.77. The first kappa shape index (κ1) is 17.8. The monoisotopic (exact) mass is 327 g/mol. The first-order valence-electron chi connectivity index (χ1n) is 8.15. The van der Waals surface area contributed by atoms with Gasteiger partial charge in [-0.2, -0.15) is 5.10 Å². The summed E-state index contributed by atoms with van der Waals surface area (Å²) in [6.07, 6.45) is 1.99. The number of carbonyl (C=O) groups is 1. The van der Waals surface area contributed by atoms with E-state index in [1.807, 2.05) is 25.1 Å². The van der Waals surface area contributed by atoms with Crippen molar-refractivity contribution >= 4 is 5.91 Å². The Morgan fingerprint density at radius 1 is 1.38 bits per heavy atom. The maximum Gasteiger partial charge on any atom is 0.254 e. The van der Waals surface area contributed by atoms with Crippen molar-refractivity contribution in [2.45, 2.75) is 33.2 Å². The topological polar surface area (TPSA) is 58.2 Å². The minimum absolute atomic E-state index is 0.0533. The van der Waals surface area contributed by atoms with E-state index in [1.54, 1.807) is 24.1 Å². The third kappa shape index (κ3) is 4.98. The summed E-state index contributed by atoms with van der Waals surface area (Å²) in [4.78, 5) is 14.3. The molecule has 0 bridgehead atoms. The Kier molecular flexibility index (Phi) is 6.18. The minimum atomic E-state index is -0.0533. The van der Waals surface area contributed by atoms with Crippen LogP contribution in [-0.4, -0.2) is 34.7 Å². The molecule has 128 valence electrons. The highest BCUT2D eigenvalue weighted by Gasteiger charge is 2.14. The fourth-order valence-electron chi connectivity index (χ4n) is 2.35. The minimum Gasteiger partial charge on any atom is -0.489 e. The van der Waals surface area contributed by atoms with E-state index in [0.717, 1.165) is 29.8 Å². The average Bonchev–Trinajstić information content (AvgIpc) is 3.00. The summed E-state index contributed by atoms with van der Waals surface area (Å²) in [5.41, 5.74) is 3.50. The molecule has 0 aliphatic rings. The van der Waals surface area contributed by atoms with Crippen LogP contribution in [0.1, 0.15) is 42.0 Å². The summed E-state index contributed by atoms with van der Waals surface area (Å²) in [7, 11) is 1.78. The average molecular weight is 327 g/mol. The summed E-state index contributed by atoms with van der Waals surface area (Å²) < 4.78 is 5.60. The highest BCUT2D eigenvalue weighted by Crippen LogP contribution is 2.16. The van der Waals surface area contributed by atoms with E-state index >= 15 is 0 Å². The molecule has 0 fully saturated rings. The van der Waals surface area contributed by atoms with E-state index < -0.39 is 0 Å². The summed E-state index contributed by atoms with van der Waals surface area (Å²) >= 11 is 0. The van der Waals surface area contributed by atoms with Crippen LogP contribution in [0.5, 0.6) is 5.75 Å². The number of hydrogen-bond donors (Lipinski definition) is 1. The van der Waals surface area contributed by atoms with Gasteiger partial charge in [0.05, 0.1) is 17.9 Å². The number of H-pyrrole nitrogens is 1. The first-order chi connectivity index (χ1) is 11.5. The van der Waals surface area contributed by atoms with E-state index in [2.05, 4.69) is 23.7 Å². The van der Waals surface area contributed by atoms with Crippen molar-refractivity contribution in [1.29, 1.82) is 0 Å². The van der Waals surface area contributed by atoms with Crippen LogP contribution >= 0.6 is 0 Å². The maximum absolute atomic E-state index is 12.6. The number of aryl methyl sites for hydroxylation is 1. The predicted octanol–water partition coefficient (Wildman–Crippen LogP) is 3.59. The second-order valence-corrected chi connectivity index (χ2v) is 6.07. The van der Waals surface area contributed by atoms with Gasteiger partial charge in [-0.05, 0) is 43.2 Å². The molecule has 0 radical (unpaired) electrons. The number of nitrogens with zero attached hydrogens (tertiary/aromatic N) is 2. The normalized spacial score (nSPS) is 10.5. The highest BCUT2D eigenvalue weighted by molar-refractivity contribution is 5.94. The van der Waals surface area contributed by atoms with Gasteiger partial charge in [0, 0.05) is 12.6 Å². The molecule has 1 N–H and O–H groups in total. The Balaban J connectivity index is 2.01. The van der Waals surface area contributed by atoms with E-state index in [-0.39, 0.29) is 5.91 Å². The lowest BCUT2D eigenvalue weighted by Crippen LogP contribution is -2.26. The van der Waals surface area contributed by atoms with Gasteiger partial charge in [0.2, 0.25) is 0 Å². The van der Waals surface area contributed by atoms with Crippen molar-refractivity contribution < 1.29 is 9.53 Å². The molecular formula is C19H25N3O2. The molecule has 1 heterocycles. The molecule has 5 nitrogen and oxygen atoms in total. The van der Waals surface area contributed by atoms with Crippen molar-refractivity contribution in [3.05, 3.63) is 59.4 Å². The Morgan fingerprint density at radius 2 is 2.17 bits per heavy atom. The van der Waals surface area contributed by atoms with Gasteiger partial charge in [-0.1, -0.05) is 26.0 Å². The molecule has 2 rings (SSSR count). The van der Waals surface area contributed by atoms with Crippen molar-refractivity contribution in [3.8, 4) is 5.75 Å². The van der Waals surface area contributed by atoms with Crippen LogP contribution in [0.25, 0.3) is 0 Å². The van der Waals surface area contributed by atoms with Crippen LogP contribution in [0.3, 0.4) is 0 Å². The zero-order valence-corrected chi connectivity index (χ0v) is 14.6. The smallest absolute Gasteiger partial charge is 0.254 e. The van der Waals surface area contributed by atoms with Gasteiger partial charge in [-0.25, -0.2) is 0 Å². The summed E-state index contributed by atoms with van der Waals surface area (Å²) in [6, 6.07) is 9.23. The van der Waals surface area contributed by atoms with Crippen molar-refractivity contribution in [2.75, 3.05) is 13.7 Å². The maximum atomic E-state index is 12.6. The number of aromatic nitrogens is 2. The Morgan fingerprint density at radius 3 is 2.88 bits per heavy atom. The third-order valence-corrected chi connectivity index (χ3v) is 3.51. The van der Waals surface area contributed by atoms with Crippen LogP contribution in [0.4, 0.5) is 0 Å². The molecule has 24 heavy (non-hydrogen) atoms. The number of nitrogens with one attached hydrogen (secondary N) is 1. The number of amides is 1. The molecule has 0 atom stereocenters. The van der Waals surface area contributed by atoms with Gasteiger partial charge in [0.15, 0.2) is 0 Å². The lowest BCUT2D eigenvalue weighted by atomic mass is 10.2. The van der Waals surface area contributed by atoms with Crippen LogP contribution in [0.2, 0.25) is 0 Å². The molecule has 0 saturated carbocycles. The molecule has 1 aromatic heterocycles. The zero-order chi connectivity index (χ0) is 17.5. The summed E-state index contributed by atoms with van der Waals surface area (Å²) in [5.74, 6) is 0.617. The SMILES string of the molecule is C=C(C)COc1cccc(C(=O)N(C)Cc2cc(CCC)n[nH]2)c1. The molecular weight excluding hydrogens is 302 g/mol. The van der Waals surface area contributed by atoms with E-state index in [0.29, 0.717) is 24.5 Å². The largest absolute Gasteiger partial charge is 0.489 e. The number of carbonyl (C=O) groups excluding carboxylic acids is 1. The van der Waals surface area contributed by atoms with Crippen LogP contribution in [-0.2, 0) is 13.0 Å². The quantitative estimate of drug-likeness (QED) is 0.754. The molecule has 0 aliphatic heterocycles. The second kappa shape index (κ2) is 8.34. The van der Waals surface area contributed by atoms with Gasteiger partial charge in [0.25, 0.3) is 5.91 Å². The lowest BCUT2D eigenvalue weighted by molar-refractivity contribution is 0.0783. The van der Waals surface area contributed by atoms with E-state index in [4.69, 9.17) is 4.74 Å². The molecule has 2 aromatic rings. The molecule has 0 unspecified atom stereocenters. The van der Waals surface area contributed by atoms with Gasteiger partial charge < -0.3 is 9.64 Å². The van der Waals surface area contributed by atoms with Crippen LogP contribution in [0.15, 0.2) is 42.5 Å². The molecule has 5 heteroatoms. The fraction of sp³-hybridized carbons (Fsp3) is 0.368. The summed E-state index contributed by atoms with van der Waals surface area (Å²) in [5, 5.41) is 7.25. The number of benzene rings is 1. The van der Waals surface area contributed by atoms with Gasteiger partial charge in [0.1, 0.15) is 12.4 Å². The van der Waals surface area contributed by atoms with Crippen LogP contribution < -0.4 is 4.74 Å². The molecule has 0 spiro atoms. The first-order valence-corrected chi connectivity index (χ1v) is 8.15. The number of hydrogen-bond acceptors (Lipinski definition) is 3. The van der Waals surface area contributed by atoms with Gasteiger partial charge >= 0.3 is 0 Å². The number of rotatable bonds is 8. The number of ether oxygens (including phenoxy) is 1. The second-order valence-electron chi connectivity index (χ2n) is 6.07. The van der Waals surface area contributed by atoms with Crippen molar-refractivity contribution in [3.63, 3.8) is 0 Å².